The Morgan fingerprint density at radius 3 is 1.85 bits per heavy atom. The lowest BCUT2D eigenvalue weighted by Crippen LogP contribution is -2.26. The second-order valence-corrected chi connectivity index (χ2v) is 11.4. The number of thioether (sulfide) groups is 1. The van der Waals surface area contributed by atoms with E-state index in [-0.39, 0.29) is 6.61 Å². The Labute approximate surface area is 244 Å². The van der Waals surface area contributed by atoms with Gasteiger partial charge < -0.3 is 9.47 Å². The van der Waals surface area contributed by atoms with E-state index in [1.54, 1.807) is 12.1 Å². The van der Waals surface area contributed by atoms with Crippen LogP contribution in [-0.4, -0.2) is 23.8 Å². The molecule has 3 aromatic rings. The van der Waals surface area contributed by atoms with Crippen molar-refractivity contribution in [3.63, 3.8) is 0 Å². The largest absolute Gasteiger partial charge is 0.458 e. The normalized spacial score (nSPS) is 11.7. The average Bonchev–Trinajstić information content (AvgIpc) is 2.99. The van der Waals surface area contributed by atoms with Gasteiger partial charge >= 0.3 is 11.9 Å². The Morgan fingerprint density at radius 2 is 1.25 bits per heavy atom. The monoisotopic (exact) mass is 560 g/mol. The van der Waals surface area contributed by atoms with E-state index in [0.717, 1.165) is 22.4 Å². The molecule has 1 atom stereocenters. The highest BCUT2D eigenvalue weighted by atomic mass is 32.2. The predicted octanol–water partition coefficient (Wildman–Crippen LogP) is 9.66. The molecule has 0 aliphatic heterocycles. The third-order valence-electron chi connectivity index (χ3n) is 6.91. The Hall–Kier alpha value is -3.05. The average molecular weight is 561 g/mol. The highest BCUT2D eigenvalue weighted by Crippen LogP contribution is 2.26. The van der Waals surface area contributed by atoms with E-state index < -0.39 is 18.0 Å². The third-order valence-corrected chi connectivity index (χ3v) is 8.01. The molecular formula is C35H44O4S. The van der Waals surface area contributed by atoms with Crippen molar-refractivity contribution in [1.29, 1.82) is 0 Å². The lowest BCUT2D eigenvalue weighted by molar-refractivity contribution is -0.154. The molecule has 0 radical (unpaired) electrons. The van der Waals surface area contributed by atoms with Crippen LogP contribution in [0.2, 0.25) is 0 Å². The first kappa shape index (κ1) is 31.5. The Balaban J connectivity index is 1.34. The van der Waals surface area contributed by atoms with Crippen LogP contribution in [0.15, 0.2) is 83.8 Å². The third kappa shape index (κ3) is 11.6. The Morgan fingerprint density at radius 1 is 0.700 bits per heavy atom. The fraction of sp³-hybridized carbons (Fsp3) is 0.429. The minimum atomic E-state index is -0.985. The summed E-state index contributed by atoms with van der Waals surface area (Å²) < 4.78 is 10.6. The molecule has 0 saturated heterocycles. The summed E-state index contributed by atoms with van der Waals surface area (Å²) >= 11 is 1.92. The van der Waals surface area contributed by atoms with Crippen LogP contribution in [0.25, 0.3) is 11.1 Å². The quantitative estimate of drug-likeness (QED) is 0.0880. The molecule has 0 saturated carbocycles. The summed E-state index contributed by atoms with van der Waals surface area (Å²) in [5.74, 6) is 0.0413. The van der Waals surface area contributed by atoms with Gasteiger partial charge in [0.1, 0.15) is 6.61 Å². The van der Waals surface area contributed by atoms with Crippen LogP contribution in [0, 0.1) is 0 Å². The van der Waals surface area contributed by atoms with Crippen molar-refractivity contribution in [3.8, 4) is 11.1 Å². The van der Waals surface area contributed by atoms with Gasteiger partial charge in [-0.25, -0.2) is 9.59 Å². The lowest BCUT2D eigenvalue weighted by atomic mass is 10.0. The van der Waals surface area contributed by atoms with Crippen LogP contribution in [0.5, 0.6) is 0 Å². The van der Waals surface area contributed by atoms with Crippen molar-refractivity contribution in [3.05, 3.63) is 90.0 Å². The number of rotatable bonds is 18. The van der Waals surface area contributed by atoms with Crippen molar-refractivity contribution in [1.82, 2.24) is 0 Å². The molecule has 40 heavy (non-hydrogen) atoms. The highest BCUT2D eigenvalue weighted by molar-refractivity contribution is 7.99. The molecule has 0 unspecified atom stereocenters. The molecule has 0 aliphatic rings. The van der Waals surface area contributed by atoms with Gasteiger partial charge in [0, 0.05) is 4.90 Å². The Bertz CT molecular complexity index is 1130. The molecule has 0 bridgehead atoms. The van der Waals surface area contributed by atoms with Gasteiger partial charge in [0.25, 0.3) is 0 Å². The van der Waals surface area contributed by atoms with Gasteiger partial charge in [-0.15, -0.1) is 11.8 Å². The fourth-order valence-corrected chi connectivity index (χ4v) is 5.36. The molecule has 4 nitrogen and oxygen atoms in total. The van der Waals surface area contributed by atoms with Gasteiger partial charge in [-0.2, -0.15) is 0 Å². The minimum absolute atomic E-state index is 0.146. The first-order valence-corrected chi connectivity index (χ1v) is 15.8. The van der Waals surface area contributed by atoms with Crippen LogP contribution >= 0.6 is 11.8 Å². The predicted molar refractivity (Wildman–Crippen MR) is 166 cm³/mol. The maximum Gasteiger partial charge on any atom is 0.347 e. The summed E-state index contributed by atoms with van der Waals surface area (Å²) in [7, 11) is 0. The summed E-state index contributed by atoms with van der Waals surface area (Å²) in [4.78, 5) is 26.0. The van der Waals surface area contributed by atoms with Gasteiger partial charge in [-0.1, -0.05) is 119 Å². The smallest absolute Gasteiger partial charge is 0.347 e. The number of hydrogen-bond donors (Lipinski definition) is 0. The summed E-state index contributed by atoms with van der Waals surface area (Å²) in [5, 5.41) is 0. The van der Waals surface area contributed by atoms with Gasteiger partial charge in [0.05, 0.1) is 5.56 Å². The first-order chi connectivity index (χ1) is 19.6. The molecule has 0 aromatic heterocycles. The molecule has 0 heterocycles. The number of ether oxygens (including phenoxy) is 2. The molecule has 3 rings (SSSR count). The SMILES string of the molecule is CCCCCCCCCCCCSc1ccc(-c2ccc(C(=O)O[C@@H](C)C(=O)OCc3ccccc3)cc2)cc1. The molecule has 0 spiro atoms. The van der Waals surface area contributed by atoms with E-state index in [0.29, 0.717) is 5.56 Å². The number of carbonyl (C=O) groups excluding carboxylic acids is 2. The van der Waals surface area contributed by atoms with E-state index in [2.05, 4.69) is 31.2 Å². The highest BCUT2D eigenvalue weighted by Gasteiger charge is 2.20. The second kappa shape index (κ2) is 18.3. The zero-order chi connectivity index (χ0) is 28.4. The standard InChI is InChI=1S/C35H44O4S/c1-3-4-5-6-7-8-9-10-11-15-26-40-33-24-22-31(23-25-33)30-18-20-32(21-19-30)35(37)39-28(2)34(36)38-27-29-16-13-12-14-17-29/h12-14,16-25,28H,3-11,15,26-27H2,1-2H3/t28-/m0/s1. The fourth-order valence-electron chi connectivity index (χ4n) is 4.44. The van der Waals surface area contributed by atoms with Crippen molar-refractivity contribution in [2.24, 2.45) is 0 Å². The molecular weight excluding hydrogens is 516 g/mol. The van der Waals surface area contributed by atoms with Crippen LogP contribution in [0.3, 0.4) is 0 Å². The summed E-state index contributed by atoms with van der Waals surface area (Å²) in [6.45, 7) is 3.94. The van der Waals surface area contributed by atoms with E-state index in [1.165, 1.54) is 76.0 Å². The van der Waals surface area contributed by atoms with Gasteiger partial charge in [0.15, 0.2) is 6.10 Å². The van der Waals surface area contributed by atoms with Gasteiger partial charge in [-0.05, 0) is 60.1 Å². The minimum Gasteiger partial charge on any atom is -0.458 e. The summed E-state index contributed by atoms with van der Waals surface area (Å²) in [6.07, 6.45) is 12.6. The lowest BCUT2D eigenvalue weighted by Gasteiger charge is -2.13. The maximum absolute atomic E-state index is 12.5. The molecule has 0 fully saturated rings. The number of benzene rings is 3. The zero-order valence-electron chi connectivity index (χ0n) is 24.1. The van der Waals surface area contributed by atoms with Gasteiger partial charge in [0.2, 0.25) is 0 Å². The maximum atomic E-state index is 12.5. The van der Waals surface area contributed by atoms with Crippen LogP contribution in [0.4, 0.5) is 0 Å². The van der Waals surface area contributed by atoms with E-state index in [9.17, 15) is 9.59 Å². The zero-order valence-corrected chi connectivity index (χ0v) is 24.9. The summed E-state index contributed by atoms with van der Waals surface area (Å²) in [6, 6.07) is 25.3. The van der Waals surface area contributed by atoms with Crippen LogP contribution in [-0.2, 0) is 20.9 Å². The van der Waals surface area contributed by atoms with E-state index in [1.807, 2.05) is 54.2 Å². The topological polar surface area (TPSA) is 52.6 Å². The van der Waals surface area contributed by atoms with Crippen molar-refractivity contribution in [2.45, 2.75) is 95.7 Å². The molecule has 5 heteroatoms. The van der Waals surface area contributed by atoms with Crippen molar-refractivity contribution < 1.29 is 19.1 Å². The number of carbonyl (C=O) groups is 2. The second-order valence-electron chi connectivity index (χ2n) is 10.3. The first-order valence-electron chi connectivity index (χ1n) is 14.8. The van der Waals surface area contributed by atoms with Crippen molar-refractivity contribution >= 4 is 23.7 Å². The summed E-state index contributed by atoms with van der Waals surface area (Å²) in [5.41, 5.74) is 3.40. The Kier molecular flexibility index (Phi) is 14.4. The molecule has 0 N–H and O–H groups in total. The van der Waals surface area contributed by atoms with Crippen LogP contribution < -0.4 is 0 Å². The van der Waals surface area contributed by atoms with E-state index in [4.69, 9.17) is 9.47 Å². The van der Waals surface area contributed by atoms with E-state index >= 15 is 0 Å². The molecule has 3 aromatic carbocycles. The number of esters is 2. The molecule has 0 aliphatic carbocycles. The molecule has 214 valence electrons. The van der Waals surface area contributed by atoms with Crippen molar-refractivity contribution in [2.75, 3.05) is 5.75 Å². The van der Waals surface area contributed by atoms with Crippen LogP contribution in [0.1, 0.15) is 94.0 Å². The number of unbranched alkanes of at least 4 members (excludes halogenated alkanes) is 9. The number of hydrogen-bond acceptors (Lipinski definition) is 5. The van der Waals surface area contributed by atoms with Gasteiger partial charge in [-0.3, -0.25) is 0 Å². The molecule has 0 amide bonds.